The molecule has 2 heterocycles. The molecule has 6 heteroatoms. The molecule has 4 rings (SSSR count). The first-order valence-electron chi connectivity index (χ1n) is 9.52. The van der Waals surface area contributed by atoms with Crippen LogP contribution < -0.4 is 10.2 Å². The fraction of sp³-hybridized carbons (Fsp3) is 0.381. The van der Waals surface area contributed by atoms with Crippen molar-refractivity contribution in [2.75, 3.05) is 31.1 Å². The summed E-state index contributed by atoms with van der Waals surface area (Å²) in [6.45, 7) is 3.47. The number of piperazine rings is 1. The zero-order chi connectivity index (χ0) is 18.6. The highest BCUT2D eigenvalue weighted by atomic mass is 16.2. The molecular weight excluding hydrogens is 340 g/mol. The number of anilines is 1. The number of hydrogen-bond donors (Lipinski definition) is 1. The third kappa shape index (κ3) is 4.27. The van der Waals surface area contributed by atoms with Gasteiger partial charge >= 0.3 is 0 Å². The van der Waals surface area contributed by atoms with Gasteiger partial charge in [-0.1, -0.05) is 18.2 Å². The first-order valence-corrected chi connectivity index (χ1v) is 9.52. The Morgan fingerprint density at radius 3 is 2.37 bits per heavy atom. The van der Waals surface area contributed by atoms with Crippen LogP contribution in [0.15, 0.2) is 48.7 Å². The number of nitrogens with zero attached hydrogens (tertiary/aromatic N) is 3. The molecule has 1 saturated carbocycles. The SMILES string of the molecule is O=C(NCc1ccc(C(=O)N2CCN(c3ccccn3)CC2)cc1)C1CC1. The van der Waals surface area contributed by atoms with Gasteiger partial charge in [0.05, 0.1) is 0 Å². The monoisotopic (exact) mass is 364 g/mol. The van der Waals surface area contributed by atoms with Gasteiger partial charge in [-0.15, -0.1) is 0 Å². The summed E-state index contributed by atoms with van der Waals surface area (Å²) in [4.78, 5) is 32.9. The van der Waals surface area contributed by atoms with E-state index >= 15 is 0 Å². The Morgan fingerprint density at radius 2 is 1.74 bits per heavy atom. The van der Waals surface area contributed by atoms with Gasteiger partial charge in [0, 0.05) is 50.4 Å². The summed E-state index contributed by atoms with van der Waals surface area (Å²) in [6, 6.07) is 13.4. The fourth-order valence-electron chi connectivity index (χ4n) is 3.31. The quantitative estimate of drug-likeness (QED) is 0.882. The van der Waals surface area contributed by atoms with Crippen LogP contribution in [0.1, 0.15) is 28.8 Å². The molecule has 2 aliphatic rings. The number of pyridine rings is 1. The zero-order valence-corrected chi connectivity index (χ0v) is 15.3. The molecule has 6 nitrogen and oxygen atoms in total. The van der Waals surface area contributed by atoms with Crippen LogP contribution >= 0.6 is 0 Å². The third-order valence-corrected chi connectivity index (χ3v) is 5.16. The van der Waals surface area contributed by atoms with E-state index in [2.05, 4.69) is 15.2 Å². The highest BCUT2D eigenvalue weighted by Gasteiger charge is 2.29. The number of aromatic nitrogens is 1. The van der Waals surface area contributed by atoms with Gasteiger partial charge in [-0.25, -0.2) is 4.98 Å². The van der Waals surface area contributed by atoms with E-state index in [1.54, 1.807) is 6.20 Å². The number of carbonyl (C=O) groups excluding carboxylic acids is 2. The second kappa shape index (κ2) is 7.78. The molecule has 2 fully saturated rings. The molecule has 0 bridgehead atoms. The van der Waals surface area contributed by atoms with Crippen molar-refractivity contribution in [2.45, 2.75) is 19.4 Å². The smallest absolute Gasteiger partial charge is 0.253 e. The van der Waals surface area contributed by atoms with E-state index in [1.807, 2.05) is 47.4 Å². The number of hydrogen-bond acceptors (Lipinski definition) is 4. The predicted octanol–water partition coefficient (Wildman–Crippen LogP) is 2.07. The Kier molecular flexibility index (Phi) is 5.05. The van der Waals surface area contributed by atoms with E-state index in [1.165, 1.54) is 0 Å². The van der Waals surface area contributed by atoms with E-state index in [4.69, 9.17) is 0 Å². The lowest BCUT2D eigenvalue weighted by molar-refractivity contribution is -0.122. The maximum absolute atomic E-state index is 12.7. The van der Waals surface area contributed by atoms with Gasteiger partial charge in [0.15, 0.2) is 0 Å². The topological polar surface area (TPSA) is 65.5 Å². The second-order valence-electron chi connectivity index (χ2n) is 7.16. The van der Waals surface area contributed by atoms with Gasteiger partial charge in [0.25, 0.3) is 5.91 Å². The van der Waals surface area contributed by atoms with Gasteiger partial charge in [-0.2, -0.15) is 0 Å². The Balaban J connectivity index is 1.30. The van der Waals surface area contributed by atoms with Crippen LogP contribution in [0.25, 0.3) is 0 Å². The van der Waals surface area contributed by atoms with E-state index in [0.717, 1.165) is 37.3 Å². The lowest BCUT2D eigenvalue weighted by Crippen LogP contribution is -2.49. The van der Waals surface area contributed by atoms with Crippen LogP contribution in [-0.2, 0) is 11.3 Å². The molecule has 2 amide bonds. The predicted molar refractivity (Wildman–Crippen MR) is 103 cm³/mol. The van der Waals surface area contributed by atoms with Crippen LogP contribution in [0.5, 0.6) is 0 Å². The molecular formula is C21H24N4O2. The average molecular weight is 364 g/mol. The standard InChI is InChI=1S/C21H24N4O2/c26-20(17-8-9-17)23-15-16-4-6-18(7-5-16)21(27)25-13-11-24(12-14-25)19-3-1-2-10-22-19/h1-7,10,17H,8-9,11-15H2,(H,23,26). The molecule has 0 spiro atoms. The molecule has 0 radical (unpaired) electrons. The molecule has 2 aromatic rings. The Morgan fingerprint density at radius 1 is 1.00 bits per heavy atom. The molecule has 1 aliphatic heterocycles. The van der Waals surface area contributed by atoms with Crippen molar-refractivity contribution >= 4 is 17.6 Å². The number of amides is 2. The summed E-state index contributed by atoms with van der Waals surface area (Å²) in [6.07, 6.45) is 3.81. The van der Waals surface area contributed by atoms with Gasteiger partial charge in [-0.05, 0) is 42.7 Å². The molecule has 1 aliphatic carbocycles. The first-order chi connectivity index (χ1) is 13.2. The van der Waals surface area contributed by atoms with Gasteiger partial charge in [0.1, 0.15) is 5.82 Å². The Labute approximate surface area is 159 Å². The summed E-state index contributed by atoms with van der Waals surface area (Å²) >= 11 is 0. The summed E-state index contributed by atoms with van der Waals surface area (Å²) < 4.78 is 0. The number of carbonyl (C=O) groups is 2. The van der Waals surface area contributed by atoms with E-state index in [-0.39, 0.29) is 17.7 Å². The van der Waals surface area contributed by atoms with Crippen molar-refractivity contribution in [2.24, 2.45) is 5.92 Å². The normalized spacial score (nSPS) is 16.9. The lowest BCUT2D eigenvalue weighted by atomic mass is 10.1. The van der Waals surface area contributed by atoms with Gasteiger partial charge in [-0.3, -0.25) is 9.59 Å². The van der Waals surface area contributed by atoms with Crippen LogP contribution in [0, 0.1) is 5.92 Å². The number of benzene rings is 1. The Hall–Kier alpha value is -2.89. The number of rotatable bonds is 5. The van der Waals surface area contributed by atoms with E-state index in [9.17, 15) is 9.59 Å². The molecule has 1 N–H and O–H groups in total. The van der Waals surface area contributed by atoms with Gasteiger partial charge in [0.2, 0.25) is 5.91 Å². The summed E-state index contributed by atoms with van der Waals surface area (Å²) in [5, 5.41) is 2.95. The zero-order valence-electron chi connectivity index (χ0n) is 15.3. The summed E-state index contributed by atoms with van der Waals surface area (Å²) in [7, 11) is 0. The van der Waals surface area contributed by atoms with E-state index < -0.39 is 0 Å². The fourth-order valence-corrected chi connectivity index (χ4v) is 3.31. The molecule has 140 valence electrons. The molecule has 0 unspecified atom stereocenters. The van der Waals surface area contributed by atoms with Crippen LogP contribution in [0.4, 0.5) is 5.82 Å². The van der Waals surface area contributed by atoms with Crippen molar-refractivity contribution in [3.63, 3.8) is 0 Å². The minimum atomic E-state index is 0.0595. The largest absolute Gasteiger partial charge is 0.353 e. The minimum Gasteiger partial charge on any atom is -0.353 e. The van der Waals surface area contributed by atoms with E-state index in [0.29, 0.717) is 25.2 Å². The molecule has 1 aromatic carbocycles. The average Bonchev–Trinajstić information content (AvgIpc) is 3.58. The van der Waals surface area contributed by atoms with Crippen LogP contribution in [-0.4, -0.2) is 47.9 Å². The maximum atomic E-state index is 12.7. The third-order valence-electron chi connectivity index (χ3n) is 5.16. The van der Waals surface area contributed by atoms with Crippen molar-refractivity contribution in [3.8, 4) is 0 Å². The maximum Gasteiger partial charge on any atom is 0.253 e. The van der Waals surface area contributed by atoms with Crippen LogP contribution in [0.2, 0.25) is 0 Å². The molecule has 1 aromatic heterocycles. The van der Waals surface area contributed by atoms with Crippen LogP contribution in [0.3, 0.4) is 0 Å². The second-order valence-corrected chi connectivity index (χ2v) is 7.16. The summed E-state index contributed by atoms with van der Waals surface area (Å²) in [5.74, 6) is 1.38. The molecule has 27 heavy (non-hydrogen) atoms. The molecule has 1 saturated heterocycles. The van der Waals surface area contributed by atoms with Gasteiger partial charge < -0.3 is 15.1 Å². The highest BCUT2D eigenvalue weighted by molar-refractivity contribution is 5.94. The summed E-state index contributed by atoms with van der Waals surface area (Å²) in [5.41, 5.74) is 1.71. The lowest BCUT2D eigenvalue weighted by Gasteiger charge is -2.35. The van der Waals surface area contributed by atoms with Crippen molar-refractivity contribution in [1.82, 2.24) is 15.2 Å². The van der Waals surface area contributed by atoms with Crippen molar-refractivity contribution in [1.29, 1.82) is 0 Å². The highest BCUT2D eigenvalue weighted by Crippen LogP contribution is 2.28. The first kappa shape index (κ1) is 17.5. The molecule has 0 atom stereocenters. The Bertz CT molecular complexity index is 795. The van der Waals surface area contributed by atoms with Crippen molar-refractivity contribution in [3.05, 3.63) is 59.8 Å². The van der Waals surface area contributed by atoms with Crippen molar-refractivity contribution < 1.29 is 9.59 Å². The number of nitrogens with one attached hydrogen (secondary N) is 1. The minimum absolute atomic E-state index is 0.0595.